The molecule has 1 N–H and O–H groups in total. The van der Waals surface area contributed by atoms with Crippen molar-refractivity contribution in [2.45, 2.75) is 19.8 Å². The van der Waals surface area contributed by atoms with Gasteiger partial charge in [-0.15, -0.1) is 0 Å². The van der Waals surface area contributed by atoms with E-state index in [1.165, 1.54) is 10.8 Å². The smallest absolute Gasteiger partial charge is 0.120 e. The topological polar surface area (TPSA) is 32.7 Å². The van der Waals surface area contributed by atoms with Crippen molar-refractivity contribution in [1.82, 2.24) is 4.90 Å². The van der Waals surface area contributed by atoms with Crippen molar-refractivity contribution in [2.75, 3.05) is 32.8 Å². The summed E-state index contributed by atoms with van der Waals surface area (Å²) in [4.78, 5) is 2.40. The predicted octanol–water partition coefficient (Wildman–Crippen LogP) is 3.31. The van der Waals surface area contributed by atoms with Crippen molar-refractivity contribution in [3.8, 4) is 5.75 Å². The van der Waals surface area contributed by atoms with Gasteiger partial charge in [0.2, 0.25) is 0 Å². The highest BCUT2D eigenvalue weighted by molar-refractivity contribution is 5.83. The van der Waals surface area contributed by atoms with Gasteiger partial charge in [0.05, 0.1) is 0 Å². The molecule has 0 radical (unpaired) electrons. The van der Waals surface area contributed by atoms with Crippen LogP contribution in [0.3, 0.4) is 0 Å². The van der Waals surface area contributed by atoms with Gasteiger partial charge < -0.3 is 9.84 Å². The van der Waals surface area contributed by atoms with Gasteiger partial charge in [-0.25, -0.2) is 0 Å². The van der Waals surface area contributed by atoms with Crippen LogP contribution < -0.4 is 4.74 Å². The van der Waals surface area contributed by atoms with E-state index in [-0.39, 0.29) is 12.0 Å². The number of hydrogen-bond donors (Lipinski definition) is 1. The van der Waals surface area contributed by atoms with Crippen LogP contribution in [0.4, 0.5) is 0 Å². The number of aliphatic hydroxyl groups is 1. The van der Waals surface area contributed by atoms with Crippen molar-refractivity contribution in [2.24, 2.45) is 5.41 Å². The Hall–Kier alpha value is -1.58. The molecule has 118 valence electrons. The van der Waals surface area contributed by atoms with E-state index in [4.69, 9.17) is 4.74 Å². The molecule has 2 aromatic carbocycles. The molecule has 0 amide bonds. The number of hydrogen-bond acceptors (Lipinski definition) is 3. The standard InChI is InChI=1S/C19H25NO2/c1-19(15-21)9-4-10-20(14-19)11-12-22-18-8-7-16-5-2-3-6-17(16)13-18/h2-3,5-8,13,21H,4,9-12,14-15H2,1H3. The minimum atomic E-state index is 0.0567. The second-order valence-electron chi connectivity index (χ2n) is 6.71. The van der Waals surface area contributed by atoms with Crippen LogP contribution in [-0.2, 0) is 0 Å². The van der Waals surface area contributed by atoms with E-state index >= 15 is 0 Å². The van der Waals surface area contributed by atoms with Gasteiger partial charge in [0.1, 0.15) is 12.4 Å². The van der Waals surface area contributed by atoms with Crippen molar-refractivity contribution < 1.29 is 9.84 Å². The summed E-state index contributed by atoms with van der Waals surface area (Å²) in [5.74, 6) is 0.931. The Morgan fingerprint density at radius 3 is 2.82 bits per heavy atom. The zero-order valence-electron chi connectivity index (χ0n) is 13.3. The largest absolute Gasteiger partial charge is 0.492 e. The molecule has 1 fully saturated rings. The van der Waals surface area contributed by atoms with Gasteiger partial charge >= 0.3 is 0 Å². The van der Waals surface area contributed by atoms with E-state index in [2.05, 4.69) is 48.2 Å². The van der Waals surface area contributed by atoms with Crippen molar-refractivity contribution in [1.29, 1.82) is 0 Å². The maximum absolute atomic E-state index is 9.51. The highest BCUT2D eigenvalue weighted by atomic mass is 16.5. The Morgan fingerprint density at radius 2 is 2.00 bits per heavy atom. The van der Waals surface area contributed by atoms with E-state index in [1.807, 2.05) is 6.07 Å². The molecule has 1 atom stereocenters. The van der Waals surface area contributed by atoms with Gasteiger partial charge in [-0.1, -0.05) is 37.3 Å². The maximum atomic E-state index is 9.51. The molecule has 0 aliphatic carbocycles. The summed E-state index contributed by atoms with van der Waals surface area (Å²) in [7, 11) is 0. The summed E-state index contributed by atoms with van der Waals surface area (Å²) >= 11 is 0. The molecule has 1 heterocycles. The van der Waals surface area contributed by atoms with Crippen LogP contribution in [-0.4, -0.2) is 42.9 Å². The lowest BCUT2D eigenvalue weighted by atomic mass is 9.83. The first-order valence-corrected chi connectivity index (χ1v) is 8.13. The fourth-order valence-electron chi connectivity index (χ4n) is 3.30. The van der Waals surface area contributed by atoms with E-state index in [0.717, 1.165) is 38.2 Å². The third kappa shape index (κ3) is 3.60. The van der Waals surface area contributed by atoms with Crippen LogP contribution in [0.2, 0.25) is 0 Å². The zero-order chi connectivity index (χ0) is 15.4. The Kier molecular flexibility index (Phi) is 4.65. The molecule has 1 unspecified atom stereocenters. The molecule has 0 saturated carbocycles. The van der Waals surface area contributed by atoms with Gasteiger partial charge in [0.25, 0.3) is 0 Å². The summed E-state index contributed by atoms with van der Waals surface area (Å²) in [6.07, 6.45) is 2.28. The molecule has 1 aliphatic rings. The number of benzene rings is 2. The van der Waals surface area contributed by atoms with Gasteiger partial charge in [-0.05, 0) is 42.3 Å². The molecule has 0 aromatic heterocycles. The fraction of sp³-hybridized carbons (Fsp3) is 0.474. The molecule has 0 bridgehead atoms. The minimum absolute atomic E-state index is 0.0567. The van der Waals surface area contributed by atoms with Crippen LogP contribution in [0.15, 0.2) is 42.5 Å². The van der Waals surface area contributed by atoms with E-state index < -0.39 is 0 Å². The van der Waals surface area contributed by atoms with Crippen molar-refractivity contribution in [3.05, 3.63) is 42.5 Å². The van der Waals surface area contributed by atoms with E-state index in [0.29, 0.717) is 6.61 Å². The van der Waals surface area contributed by atoms with Crippen LogP contribution >= 0.6 is 0 Å². The number of likely N-dealkylation sites (tertiary alicyclic amines) is 1. The van der Waals surface area contributed by atoms with Crippen LogP contribution in [0.1, 0.15) is 19.8 Å². The summed E-state index contributed by atoms with van der Waals surface area (Å²) in [6.45, 7) is 6.13. The Balaban J connectivity index is 1.53. The van der Waals surface area contributed by atoms with Gasteiger partial charge in [-0.3, -0.25) is 4.90 Å². The number of nitrogens with zero attached hydrogens (tertiary/aromatic N) is 1. The zero-order valence-corrected chi connectivity index (χ0v) is 13.3. The first-order valence-electron chi connectivity index (χ1n) is 8.13. The molecule has 3 nitrogen and oxygen atoms in total. The van der Waals surface area contributed by atoms with Crippen LogP contribution in [0.5, 0.6) is 5.75 Å². The van der Waals surface area contributed by atoms with Gasteiger partial charge in [0, 0.05) is 25.1 Å². The lowest BCUT2D eigenvalue weighted by Gasteiger charge is -2.39. The van der Waals surface area contributed by atoms with E-state index in [1.54, 1.807) is 0 Å². The molecular weight excluding hydrogens is 274 g/mol. The number of ether oxygens (including phenoxy) is 1. The second-order valence-corrected chi connectivity index (χ2v) is 6.71. The number of rotatable bonds is 5. The Labute approximate surface area is 132 Å². The third-order valence-corrected chi connectivity index (χ3v) is 4.64. The molecule has 22 heavy (non-hydrogen) atoms. The van der Waals surface area contributed by atoms with E-state index in [9.17, 15) is 5.11 Å². The SMILES string of the molecule is CC1(CO)CCCN(CCOc2ccc3ccccc3c2)C1. The average molecular weight is 299 g/mol. The van der Waals surface area contributed by atoms with Gasteiger partial charge in [-0.2, -0.15) is 0 Å². The molecule has 0 spiro atoms. The summed E-state index contributed by atoms with van der Waals surface area (Å²) in [5, 5.41) is 12.0. The quantitative estimate of drug-likeness (QED) is 0.919. The van der Waals surface area contributed by atoms with Crippen LogP contribution in [0.25, 0.3) is 10.8 Å². The Morgan fingerprint density at radius 1 is 1.18 bits per heavy atom. The van der Waals surface area contributed by atoms with Crippen molar-refractivity contribution >= 4 is 10.8 Å². The number of aliphatic hydroxyl groups excluding tert-OH is 1. The molecule has 3 heteroatoms. The Bertz CT molecular complexity index is 628. The fourth-order valence-corrected chi connectivity index (χ4v) is 3.30. The summed E-state index contributed by atoms with van der Waals surface area (Å²) in [6, 6.07) is 14.6. The first-order chi connectivity index (χ1) is 10.7. The summed E-state index contributed by atoms with van der Waals surface area (Å²) in [5.41, 5.74) is 0.0567. The molecule has 1 saturated heterocycles. The third-order valence-electron chi connectivity index (χ3n) is 4.64. The number of piperidine rings is 1. The minimum Gasteiger partial charge on any atom is -0.492 e. The highest BCUT2D eigenvalue weighted by Gasteiger charge is 2.29. The lowest BCUT2D eigenvalue weighted by molar-refractivity contribution is 0.0406. The summed E-state index contributed by atoms with van der Waals surface area (Å²) < 4.78 is 5.91. The predicted molar refractivity (Wildman–Crippen MR) is 90.3 cm³/mol. The molecular formula is C19H25NO2. The molecule has 3 rings (SSSR count). The van der Waals surface area contributed by atoms with Crippen molar-refractivity contribution in [3.63, 3.8) is 0 Å². The van der Waals surface area contributed by atoms with Crippen LogP contribution in [0, 0.1) is 5.41 Å². The monoisotopic (exact) mass is 299 g/mol. The molecule has 1 aliphatic heterocycles. The number of fused-ring (bicyclic) bond motifs is 1. The second kappa shape index (κ2) is 6.67. The normalized spacial score (nSPS) is 22.8. The molecule has 2 aromatic rings. The average Bonchev–Trinajstić information content (AvgIpc) is 2.55. The highest BCUT2D eigenvalue weighted by Crippen LogP contribution is 2.28. The van der Waals surface area contributed by atoms with Gasteiger partial charge in [0.15, 0.2) is 0 Å². The first kappa shape index (κ1) is 15.3. The lowest BCUT2D eigenvalue weighted by Crippen LogP contribution is -2.44. The maximum Gasteiger partial charge on any atom is 0.120 e.